The first-order chi connectivity index (χ1) is 9.03. The molecular formula is C16H35N3O. The summed E-state index contributed by atoms with van der Waals surface area (Å²) in [5.74, 6) is 0.0641. The first-order valence-corrected chi connectivity index (χ1v) is 7.81. The average Bonchev–Trinajstić information content (AvgIpc) is 2.19. The van der Waals surface area contributed by atoms with Crippen LogP contribution < -0.4 is 11.1 Å². The highest BCUT2D eigenvalue weighted by Gasteiger charge is 2.18. The molecule has 4 nitrogen and oxygen atoms in total. The first-order valence-electron chi connectivity index (χ1n) is 7.81. The Hall–Kier alpha value is -0.610. The van der Waals surface area contributed by atoms with Gasteiger partial charge in [-0.3, -0.25) is 9.69 Å². The summed E-state index contributed by atoms with van der Waals surface area (Å²) in [7, 11) is 0. The number of nitrogens with two attached hydrogens (primary N) is 1. The lowest BCUT2D eigenvalue weighted by molar-refractivity contribution is -0.121. The van der Waals surface area contributed by atoms with Crippen LogP contribution in [0.15, 0.2) is 0 Å². The number of carbonyl (C=O) groups is 1. The third-order valence-corrected chi connectivity index (χ3v) is 3.34. The Labute approximate surface area is 125 Å². The maximum atomic E-state index is 11.9. The molecule has 0 bridgehead atoms. The van der Waals surface area contributed by atoms with Crippen molar-refractivity contribution in [1.29, 1.82) is 0 Å². The summed E-state index contributed by atoms with van der Waals surface area (Å²) in [6.07, 6.45) is 1.28. The average molecular weight is 285 g/mol. The molecule has 0 saturated heterocycles. The zero-order chi connectivity index (χ0) is 15.9. The molecule has 0 heterocycles. The van der Waals surface area contributed by atoms with E-state index in [-0.39, 0.29) is 17.4 Å². The van der Waals surface area contributed by atoms with Crippen molar-refractivity contribution in [3.63, 3.8) is 0 Å². The molecule has 20 heavy (non-hydrogen) atoms. The van der Waals surface area contributed by atoms with Gasteiger partial charge in [0.25, 0.3) is 0 Å². The largest absolute Gasteiger partial charge is 0.355 e. The van der Waals surface area contributed by atoms with Crippen LogP contribution in [0, 0.1) is 5.41 Å². The molecule has 0 spiro atoms. The SMILES string of the molecule is CC(C)N(CCNC(=O)CC(N)CC(C)(C)C)C(C)C. The maximum Gasteiger partial charge on any atom is 0.221 e. The van der Waals surface area contributed by atoms with Gasteiger partial charge in [-0.05, 0) is 39.5 Å². The summed E-state index contributed by atoms with van der Waals surface area (Å²) < 4.78 is 0. The molecule has 0 fully saturated rings. The Morgan fingerprint density at radius 2 is 1.65 bits per heavy atom. The van der Waals surface area contributed by atoms with E-state index in [0.717, 1.165) is 13.0 Å². The van der Waals surface area contributed by atoms with Crippen molar-refractivity contribution < 1.29 is 4.79 Å². The predicted octanol–water partition coefficient (Wildman–Crippen LogP) is 2.38. The molecule has 0 radical (unpaired) electrons. The fourth-order valence-electron chi connectivity index (χ4n) is 2.61. The topological polar surface area (TPSA) is 58.4 Å². The van der Waals surface area contributed by atoms with E-state index >= 15 is 0 Å². The van der Waals surface area contributed by atoms with Gasteiger partial charge in [-0.15, -0.1) is 0 Å². The number of rotatable bonds is 8. The quantitative estimate of drug-likeness (QED) is 0.720. The van der Waals surface area contributed by atoms with E-state index in [1.807, 2.05) is 0 Å². The van der Waals surface area contributed by atoms with Crippen molar-refractivity contribution in [3.8, 4) is 0 Å². The van der Waals surface area contributed by atoms with Crippen LogP contribution in [0.4, 0.5) is 0 Å². The van der Waals surface area contributed by atoms with Crippen molar-refractivity contribution in [2.75, 3.05) is 13.1 Å². The molecule has 0 aliphatic carbocycles. The molecule has 0 aromatic heterocycles. The minimum absolute atomic E-state index is 0.0544. The Balaban J connectivity index is 3.99. The van der Waals surface area contributed by atoms with Gasteiger partial charge in [0.1, 0.15) is 0 Å². The van der Waals surface area contributed by atoms with Crippen molar-refractivity contribution in [3.05, 3.63) is 0 Å². The van der Waals surface area contributed by atoms with Gasteiger partial charge < -0.3 is 11.1 Å². The normalized spacial score (nSPS) is 14.2. The molecule has 3 N–H and O–H groups in total. The highest BCUT2D eigenvalue weighted by molar-refractivity contribution is 5.76. The van der Waals surface area contributed by atoms with E-state index in [0.29, 0.717) is 25.0 Å². The number of nitrogens with one attached hydrogen (secondary N) is 1. The summed E-state index contributed by atoms with van der Waals surface area (Å²) in [5.41, 5.74) is 6.19. The monoisotopic (exact) mass is 285 g/mol. The van der Waals surface area contributed by atoms with Crippen LogP contribution in [-0.2, 0) is 4.79 Å². The number of hydrogen-bond acceptors (Lipinski definition) is 3. The number of hydrogen-bond donors (Lipinski definition) is 2. The molecule has 0 aromatic rings. The van der Waals surface area contributed by atoms with E-state index in [1.165, 1.54) is 0 Å². The lowest BCUT2D eigenvalue weighted by atomic mass is 9.87. The number of carbonyl (C=O) groups excluding carboxylic acids is 1. The van der Waals surface area contributed by atoms with Gasteiger partial charge in [-0.1, -0.05) is 20.8 Å². The van der Waals surface area contributed by atoms with E-state index in [4.69, 9.17) is 5.73 Å². The van der Waals surface area contributed by atoms with E-state index in [2.05, 4.69) is 58.7 Å². The predicted molar refractivity (Wildman–Crippen MR) is 86.7 cm³/mol. The third-order valence-electron chi connectivity index (χ3n) is 3.34. The van der Waals surface area contributed by atoms with Gasteiger partial charge in [-0.25, -0.2) is 0 Å². The molecular weight excluding hydrogens is 250 g/mol. The minimum atomic E-state index is -0.0544. The van der Waals surface area contributed by atoms with Crippen LogP contribution >= 0.6 is 0 Å². The summed E-state index contributed by atoms with van der Waals surface area (Å²) in [5, 5.41) is 2.98. The molecule has 1 amide bonds. The number of amides is 1. The zero-order valence-corrected chi connectivity index (χ0v) is 14.5. The number of nitrogens with zero attached hydrogens (tertiary/aromatic N) is 1. The molecule has 0 aromatic carbocycles. The van der Waals surface area contributed by atoms with Crippen LogP contribution in [0.25, 0.3) is 0 Å². The molecule has 4 heteroatoms. The second kappa shape index (κ2) is 8.63. The molecule has 0 rings (SSSR count). The van der Waals surface area contributed by atoms with Crippen LogP contribution in [0.3, 0.4) is 0 Å². The van der Waals surface area contributed by atoms with Gasteiger partial charge in [-0.2, -0.15) is 0 Å². The summed E-state index contributed by atoms with van der Waals surface area (Å²) in [4.78, 5) is 14.2. The smallest absolute Gasteiger partial charge is 0.221 e. The van der Waals surface area contributed by atoms with Gasteiger partial charge >= 0.3 is 0 Å². The lowest BCUT2D eigenvalue weighted by Crippen LogP contribution is -2.43. The van der Waals surface area contributed by atoms with E-state index < -0.39 is 0 Å². The van der Waals surface area contributed by atoms with E-state index in [9.17, 15) is 4.79 Å². The van der Waals surface area contributed by atoms with Gasteiger partial charge in [0.05, 0.1) is 0 Å². The van der Waals surface area contributed by atoms with Gasteiger partial charge in [0.2, 0.25) is 5.91 Å². The Morgan fingerprint density at radius 1 is 1.15 bits per heavy atom. The summed E-state index contributed by atoms with van der Waals surface area (Å²) >= 11 is 0. The van der Waals surface area contributed by atoms with Crippen LogP contribution in [0.1, 0.15) is 61.3 Å². The fourth-order valence-corrected chi connectivity index (χ4v) is 2.61. The molecule has 0 aliphatic rings. The van der Waals surface area contributed by atoms with Crippen molar-refractivity contribution >= 4 is 5.91 Å². The van der Waals surface area contributed by atoms with Gasteiger partial charge in [0, 0.05) is 37.6 Å². The minimum Gasteiger partial charge on any atom is -0.355 e. The van der Waals surface area contributed by atoms with Gasteiger partial charge in [0.15, 0.2) is 0 Å². The molecule has 1 unspecified atom stereocenters. The Bertz CT molecular complexity index is 274. The zero-order valence-electron chi connectivity index (χ0n) is 14.5. The summed E-state index contributed by atoms with van der Waals surface area (Å²) in [6.45, 7) is 16.7. The Morgan fingerprint density at radius 3 is 2.05 bits per heavy atom. The standard InChI is InChI=1S/C16H35N3O/c1-12(2)19(13(3)4)9-8-18-15(20)10-14(17)11-16(5,6)7/h12-14H,8-11,17H2,1-7H3,(H,18,20). The fraction of sp³-hybridized carbons (Fsp3) is 0.938. The first kappa shape index (κ1) is 19.4. The molecule has 0 saturated carbocycles. The summed E-state index contributed by atoms with van der Waals surface area (Å²) in [6, 6.07) is 0.936. The van der Waals surface area contributed by atoms with Crippen LogP contribution in [0.2, 0.25) is 0 Å². The van der Waals surface area contributed by atoms with Crippen molar-refractivity contribution in [1.82, 2.24) is 10.2 Å². The van der Waals surface area contributed by atoms with Crippen LogP contribution in [0.5, 0.6) is 0 Å². The van der Waals surface area contributed by atoms with Crippen molar-refractivity contribution in [2.24, 2.45) is 11.1 Å². The lowest BCUT2D eigenvalue weighted by Gasteiger charge is -2.30. The molecule has 120 valence electrons. The van der Waals surface area contributed by atoms with Crippen LogP contribution in [-0.4, -0.2) is 42.0 Å². The highest BCUT2D eigenvalue weighted by atomic mass is 16.1. The van der Waals surface area contributed by atoms with E-state index in [1.54, 1.807) is 0 Å². The molecule has 0 aliphatic heterocycles. The Kier molecular flexibility index (Phi) is 8.36. The highest BCUT2D eigenvalue weighted by Crippen LogP contribution is 2.20. The third kappa shape index (κ3) is 9.32. The molecule has 1 atom stereocenters. The second-order valence-corrected chi connectivity index (χ2v) is 7.50. The van der Waals surface area contributed by atoms with Crippen molar-refractivity contribution in [2.45, 2.75) is 79.4 Å². The second-order valence-electron chi connectivity index (χ2n) is 7.50. The maximum absolute atomic E-state index is 11.9.